The Morgan fingerprint density at radius 2 is 1.40 bits per heavy atom. The summed E-state index contributed by atoms with van der Waals surface area (Å²) in [6, 6.07) is 9.00. The number of esters is 2. The summed E-state index contributed by atoms with van der Waals surface area (Å²) in [5.41, 5.74) is 0.534. The first kappa shape index (κ1) is 20.9. The minimum Gasteiger partial charge on any atom is -0.516 e. The second-order valence-corrected chi connectivity index (χ2v) is 10.5. The third-order valence-electron chi connectivity index (χ3n) is 4.22. The fraction of sp³-hybridized carbons (Fsp3) is 0.500. The van der Waals surface area contributed by atoms with Gasteiger partial charge in [-0.1, -0.05) is 39.0 Å². The summed E-state index contributed by atoms with van der Waals surface area (Å²) >= 11 is 0. The SMILES string of the molecule is CC[Si](CC)(CC)OC(=O)c1ccccc1C(OC(C)=O)OC(C)=O. The zero-order chi connectivity index (χ0) is 19.0. The van der Waals surface area contributed by atoms with Gasteiger partial charge in [0.25, 0.3) is 14.6 Å². The topological polar surface area (TPSA) is 78.9 Å². The van der Waals surface area contributed by atoms with Crippen molar-refractivity contribution in [2.24, 2.45) is 0 Å². The molecule has 0 aromatic heterocycles. The Hall–Kier alpha value is -2.15. The van der Waals surface area contributed by atoms with Crippen molar-refractivity contribution in [3.63, 3.8) is 0 Å². The summed E-state index contributed by atoms with van der Waals surface area (Å²) in [5, 5.41) is 0. The monoisotopic (exact) mass is 366 g/mol. The molecule has 1 aromatic carbocycles. The molecule has 1 rings (SSSR count). The van der Waals surface area contributed by atoms with Gasteiger partial charge < -0.3 is 13.9 Å². The molecule has 0 amide bonds. The van der Waals surface area contributed by atoms with Gasteiger partial charge in [0.2, 0.25) is 0 Å². The number of rotatable bonds is 8. The molecule has 0 saturated heterocycles. The minimum atomic E-state index is -2.15. The van der Waals surface area contributed by atoms with E-state index in [1.54, 1.807) is 24.3 Å². The summed E-state index contributed by atoms with van der Waals surface area (Å²) in [7, 11) is -2.15. The van der Waals surface area contributed by atoms with Crippen LogP contribution in [0.2, 0.25) is 18.1 Å². The molecule has 0 unspecified atom stereocenters. The van der Waals surface area contributed by atoms with Crippen molar-refractivity contribution in [1.82, 2.24) is 0 Å². The lowest BCUT2D eigenvalue weighted by Gasteiger charge is -2.28. The molecular weight excluding hydrogens is 340 g/mol. The van der Waals surface area contributed by atoms with Gasteiger partial charge in [0.15, 0.2) is 0 Å². The highest BCUT2D eigenvalue weighted by Crippen LogP contribution is 2.28. The molecule has 0 heterocycles. The Morgan fingerprint density at radius 3 is 1.84 bits per heavy atom. The van der Waals surface area contributed by atoms with E-state index in [-0.39, 0.29) is 5.56 Å². The van der Waals surface area contributed by atoms with Crippen LogP contribution in [0.4, 0.5) is 0 Å². The van der Waals surface area contributed by atoms with Gasteiger partial charge in [0, 0.05) is 19.4 Å². The van der Waals surface area contributed by atoms with Crippen LogP contribution in [-0.4, -0.2) is 26.2 Å². The Kier molecular flexibility index (Phi) is 7.82. The number of carbonyl (C=O) groups excluding carboxylic acids is 3. The first-order valence-electron chi connectivity index (χ1n) is 8.45. The third kappa shape index (κ3) is 5.70. The number of benzene rings is 1. The largest absolute Gasteiger partial charge is 0.516 e. The number of hydrogen-bond acceptors (Lipinski definition) is 6. The lowest BCUT2D eigenvalue weighted by atomic mass is 10.1. The average Bonchev–Trinajstić information content (AvgIpc) is 2.58. The van der Waals surface area contributed by atoms with Gasteiger partial charge >= 0.3 is 17.9 Å². The highest BCUT2D eigenvalue weighted by Gasteiger charge is 2.34. The van der Waals surface area contributed by atoms with Crippen LogP contribution in [0, 0.1) is 0 Å². The van der Waals surface area contributed by atoms with E-state index in [0.717, 1.165) is 18.1 Å². The molecule has 6 nitrogen and oxygen atoms in total. The first-order valence-corrected chi connectivity index (χ1v) is 11.0. The molecule has 0 atom stereocenters. The van der Waals surface area contributed by atoms with Crippen LogP contribution in [0.15, 0.2) is 24.3 Å². The van der Waals surface area contributed by atoms with Crippen LogP contribution in [0.3, 0.4) is 0 Å². The maximum atomic E-state index is 12.8. The predicted molar refractivity (Wildman–Crippen MR) is 95.3 cm³/mol. The van der Waals surface area contributed by atoms with Crippen LogP contribution in [0.25, 0.3) is 0 Å². The van der Waals surface area contributed by atoms with Gasteiger partial charge in [0.1, 0.15) is 0 Å². The molecule has 0 aliphatic heterocycles. The molecule has 25 heavy (non-hydrogen) atoms. The van der Waals surface area contributed by atoms with Crippen LogP contribution in [-0.2, 0) is 23.5 Å². The Labute approximate surface area is 149 Å². The molecular formula is C18H26O6Si. The molecule has 0 aliphatic rings. The predicted octanol–water partition coefficient (Wildman–Crippen LogP) is 3.97. The molecule has 138 valence electrons. The standard InChI is InChI=1S/C18H26O6Si/c1-6-25(7-2,8-3)24-17(21)15-11-9-10-12-16(15)18(22-13(4)19)23-14(5)20/h9-12,18H,6-8H2,1-5H3. The van der Waals surface area contributed by atoms with Crippen molar-refractivity contribution in [1.29, 1.82) is 0 Å². The minimum absolute atomic E-state index is 0.238. The molecule has 0 fully saturated rings. The molecule has 1 aromatic rings. The lowest BCUT2D eigenvalue weighted by molar-refractivity contribution is -0.186. The van der Waals surface area contributed by atoms with E-state index in [4.69, 9.17) is 13.9 Å². The second kappa shape index (κ2) is 9.36. The maximum Gasteiger partial charge on any atom is 0.325 e. The second-order valence-electron chi connectivity index (χ2n) is 5.77. The summed E-state index contributed by atoms with van der Waals surface area (Å²) < 4.78 is 16.0. The highest BCUT2D eigenvalue weighted by atomic mass is 28.4. The highest BCUT2D eigenvalue weighted by molar-refractivity contribution is 6.75. The van der Waals surface area contributed by atoms with E-state index >= 15 is 0 Å². The fourth-order valence-electron chi connectivity index (χ4n) is 2.56. The molecule has 7 heteroatoms. The van der Waals surface area contributed by atoms with E-state index < -0.39 is 32.5 Å². The zero-order valence-corrected chi connectivity index (χ0v) is 16.5. The van der Waals surface area contributed by atoms with Crippen molar-refractivity contribution in [2.75, 3.05) is 0 Å². The van der Waals surface area contributed by atoms with Gasteiger partial charge in [-0.05, 0) is 24.2 Å². The quantitative estimate of drug-likeness (QED) is 0.393. The van der Waals surface area contributed by atoms with Gasteiger partial charge in [-0.15, -0.1) is 0 Å². The van der Waals surface area contributed by atoms with Gasteiger partial charge in [-0.3, -0.25) is 9.59 Å². The van der Waals surface area contributed by atoms with Gasteiger partial charge in [-0.2, -0.15) is 0 Å². The Balaban J connectivity index is 3.22. The lowest BCUT2D eigenvalue weighted by Crippen LogP contribution is -2.38. The van der Waals surface area contributed by atoms with Gasteiger partial charge in [-0.25, -0.2) is 4.79 Å². The van der Waals surface area contributed by atoms with Crippen molar-refractivity contribution in [2.45, 2.75) is 59.0 Å². The summed E-state index contributed by atoms with van der Waals surface area (Å²) in [4.78, 5) is 35.4. The van der Waals surface area contributed by atoms with Crippen LogP contribution in [0.5, 0.6) is 0 Å². The molecule has 0 N–H and O–H groups in total. The first-order chi connectivity index (χ1) is 11.8. The van der Waals surface area contributed by atoms with E-state index in [0.29, 0.717) is 5.56 Å². The van der Waals surface area contributed by atoms with Crippen molar-refractivity contribution < 1.29 is 28.3 Å². The van der Waals surface area contributed by atoms with Crippen molar-refractivity contribution in [3.8, 4) is 0 Å². The molecule has 0 bridgehead atoms. The number of ether oxygens (including phenoxy) is 2. The number of hydrogen-bond donors (Lipinski definition) is 0. The summed E-state index contributed by atoms with van der Waals surface area (Å²) in [6.07, 6.45) is -1.28. The van der Waals surface area contributed by atoms with E-state index in [1.165, 1.54) is 13.8 Å². The molecule has 0 saturated carbocycles. The normalized spacial score (nSPS) is 11.1. The maximum absolute atomic E-state index is 12.8. The smallest absolute Gasteiger partial charge is 0.325 e. The zero-order valence-electron chi connectivity index (χ0n) is 15.5. The molecule has 0 aliphatic carbocycles. The van der Waals surface area contributed by atoms with Crippen molar-refractivity contribution in [3.05, 3.63) is 35.4 Å². The van der Waals surface area contributed by atoms with E-state index in [1.807, 2.05) is 20.8 Å². The fourth-order valence-corrected chi connectivity index (χ4v) is 5.00. The summed E-state index contributed by atoms with van der Waals surface area (Å²) in [5.74, 6) is -1.71. The van der Waals surface area contributed by atoms with E-state index in [2.05, 4.69) is 0 Å². The Morgan fingerprint density at radius 1 is 0.920 bits per heavy atom. The van der Waals surface area contributed by atoms with Gasteiger partial charge in [0.05, 0.1) is 5.56 Å². The van der Waals surface area contributed by atoms with Crippen LogP contribution >= 0.6 is 0 Å². The third-order valence-corrected chi connectivity index (χ3v) is 8.71. The van der Waals surface area contributed by atoms with Crippen LogP contribution in [0.1, 0.15) is 56.8 Å². The summed E-state index contributed by atoms with van der Waals surface area (Å²) in [6.45, 7) is 8.50. The van der Waals surface area contributed by atoms with Crippen molar-refractivity contribution >= 4 is 26.2 Å². The number of carbonyl (C=O) groups is 3. The molecule has 0 spiro atoms. The van der Waals surface area contributed by atoms with E-state index in [9.17, 15) is 14.4 Å². The van der Waals surface area contributed by atoms with Crippen LogP contribution < -0.4 is 0 Å². The average molecular weight is 366 g/mol. The Bertz CT molecular complexity index is 599. The molecule has 0 radical (unpaired) electrons.